The van der Waals surface area contributed by atoms with Crippen LogP contribution in [0, 0.1) is 0 Å². The number of rotatable bonds is 7. The van der Waals surface area contributed by atoms with Gasteiger partial charge in [-0.05, 0) is 48.7 Å². The maximum atomic E-state index is 12.6. The molecular weight excluding hydrogens is 362 g/mol. The van der Waals surface area contributed by atoms with Crippen LogP contribution >= 0.6 is 0 Å². The number of hydrogen-bond donors (Lipinski definition) is 0. The quantitative estimate of drug-likeness (QED) is 0.682. The van der Waals surface area contributed by atoms with Gasteiger partial charge in [0.1, 0.15) is 5.75 Å². The van der Waals surface area contributed by atoms with Gasteiger partial charge in [0.2, 0.25) is 0 Å². The molecule has 0 saturated carbocycles. The maximum absolute atomic E-state index is 12.6. The zero-order valence-corrected chi connectivity index (χ0v) is 16.0. The summed E-state index contributed by atoms with van der Waals surface area (Å²) in [5.41, 5.74) is 1.88. The summed E-state index contributed by atoms with van der Waals surface area (Å²) in [6.45, 7) is -0.0472. The van der Waals surface area contributed by atoms with Crippen molar-refractivity contribution in [3.8, 4) is 17.2 Å². The second-order valence-corrected chi connectivity index (χ2v) is 6.24. The molecule has 1 aliphatic heterocycles. The van der Waals surface area contributed by atoms with Crippen LogP contribution in [0.3, 0.4) is 0 Å². The summed E-state index contributed by atoms with van der Waals surface area (Å²) in [6, 6.07) is 12.6. The van der Waals surface area contributed by atoms with E-state index < -0.39 is 5.97 Å². The molecule has 0 N–H and O–H groups in total. The highest BCUT2D eigenvalue weighted by atomic mass is 16.6. The summed E-state index contributed by atoms with van der Waals surface area (Å²) in [6.07, 6.45) is 1.72. The van der Waals surface area contributed by atoms with Gasteiger partial charge in [-0.2, -0.15) is 0 Å². The lowest BCUT2D eigenvalue weighted by Crippen LogP contribution is -2.38. The standard InChI is InChI=1S/C21H23NO6/c1-25-16-9-10-17-15(12-16)6-5-11-22(17)20(23)13-28-21(24)14-27-19-8-4-3-7-18(19)26-2/h3-4,7-10,12H,5-6,11,13-14H2,1-2H3. The number of carbonyl (C=O) groups excluding carboxylic acids is 2. The Morgan fingerprint density at radius 1 is 1.00 bits per heavy atom. The van der Waals surface area contributed by atoms with E-state index in [0.29, 0.717) is 18.0 Å². The van der Waals surface area contributed by atoms with E-state index in [0.717, 1.165) is 29.8 Å². The lowest BCUT2D eigenvalue weighted by atomic mass is 10.0. The number of amides is 1. The summed E-state index contributed by atoms with van der Waals surface area (Å²) in [7, 11) is 3.13. The highest BCUT2D eigenvalue weighted by Crippen LogP contribution is 2.30. The summed E-state index contributed by atoms with van der Waals surface area (Å²) in [5.74, 6) is 0.829. The zero-order chi connectivity index (χ0) is 19.9. The van der Waals surface area contributed by atoms with E-state index in [-0.39, 0.29) is 19.1 Å². The number of methoxy groups -OCH3 is 2. The van der Waals surface area contributed by atoms with Crippen LogP contribution in [0.1, 0.15) is 12.0 Å². The van der Waals surface area contributed by atoms with E-state index in [4.69, 9.17) is 18.9 Å². The largest absolute Gasteiger partial charge is 0.497 e. The minimum Gasteiger partial charge on any atom is -0.497 e. The van der Waals surface area contributed by atoms with Crippen LogP contribution < -0.4 is 19.1 Å². The molecule has 1 aliphatic rings. The maximum Gasteiger partial charge on any atom is 0.344 e. The van der Waals surface area contributed by atoms with Crippen LogP contribution in [-0.2, 0) is 20.7 Å². The monoisotopic (exact) mass is 385 g/mol. The lowest BCUT2D eigenvalue weighted by Gasteiger charge is -2.29. The van der Waals surface area contributed by atoms with Gasteiger partial charge in [-0.1, -0.05) is 12.1 Å². The van der Waals surface area contributed by atoms with E-state index >= 15 is 0 Å². The number of esters is 1. The Balaban J connectivity index is 1.54. The van der Waals surface area contributed by atoms with Gasteiger partial charge in [-0.3, -0.25) is 4.79 Å². The van der Waals surface area contributed by atoms with Crippen LogP contribution in [0.4, 0.5) is 5.69 Å². The first-order valence-electron chi connectivity index (χ1n) is 9.01. The number of nitrogens with zero attached hydrogens (tertiary/aromatic N) is 1. The second-order valence-electron chi connectivity index (χ2n) is 6.24. The number of hydrogen-bond acceptors (Lipinski definition) is 6. The van der Waals surface area contributed by atoms with E-state index in [9.17, 15) is 9.59 Å². The predicted octanol–water partition coefficient (Wildman–Crippen LogP) is 2.61. The number of para-hydroxylation sites is 2. The van der Waals surface area contributed by atoms with Crippen molar-refractivity contribution in [2.24, 2.45) is 0 Å². The normalized spacial score (nSPS) is 12.7. The fourth-order valence-corrected chi connectivity index (χ4v) is 3.10. The molecule has 0 radical (unpaired) electrons. The molecule has 1 amide bonds. The molecule has 148 valence electrons. The van der Waals surface area contributed by atoms with Crippen molar-refractivity contribution in [3.05, 3.63) is 48.0 Å². The van der Waals surface area contributed by atoms with Crippen LogP contribution in [0.25, 0.3) is 0 Å². The van der Waals surface area contributed by atoms with Crippen molar-refractivity contribution >= 4 is 17.6 Å². The Morgan fingerprint density at radius 2 is 1.79 bits per heavy atom. The van der Waals surface area contributed by atoms with Gasteiger partial charge >= 0.3 is 5.97 Å². The number of benzene rings is 2. The smallest absolute Gasteiger partial charge is 0.344 e. The van der Waals surface area contributed by atoms with E-state index in [1.54, 1.807) is 36.3 Å². The lowest BCUT2D eigenvalue weighted by molar-refractivity contribution is -0.149. The van der Waals surface area contributed by atoms with Crippen LogP contribution in [0.15, 0.2) is 42.5 Å². The van der Waals surface area contributed by atoms with Crippen molar-refractivity contribution < 1.29 is 28.5 Å². The van der Waals surface area contributed by atoms with Crippen molar-refractivity contribution in [3.63, 3.8) is 0 Å². The Hall–Kier alpha value is -3.22. The third-order valence-electron chi connectivity index (χ3n) is 4.48. The summed E-state index contributed by atoms with van der Waals surface area (Å²) < 4.78 is 20.9. The molecule has 0 saturated heterocycles. The van der Waals surface area contributed by atoms with Gasteiger partial charge < -0.3 is 23.8 Å². The van der Waals surface area contributed by atoms with Gasteiger partial charge in [0, 0.05) is 12.2 Å². The SMILES string of the molecule is COc1ccc2c(c1)CCCN2C(=O)COC(=O)COc1ccccc1OC. The highest BCUT2D eigenvalue weighted by molar-refractivity contribution is 5.96. The molecule has 0 spiro atoms. The first-order chi connectivity index (χ1) is 13.6. The first kappa shape index (κ1) is 19.5. The van der Waals surface area contributed by atoms with E-state index in [1.165, 1.54) is 7.11 Å². The van der Waals surface area contributed by atoms with Gasteiger partial charge in [-0.25, -0.2) is 4.79 Å². The fourth-order valence-electron chi connectivity index (χ4n) is 3.10. The van der Waals surface area contributed by atoms with E-state index in [2.05, 4.69) is 0 Å². The number of fused-ring (bicyclic) bond motifs is 1. The van der Waals surface area contributed by atoms with Crippen LogP contribution in [0.5, 0.6) is 17.2 Å². The summed E-state index contributed by atoms with van der Waals surface area (Å²) in [4.78, 5) is 26.2. The Labute approximate surface area is 163 Å². The molecule has 1 heterocycles. The average molecular weight is 385 g/mol. The van der Waals surface area contributed by atoms with Crippen LogP contribution in [0.2, 0.25) is 0 Å². The van der Waals surface area contributed by atoms with Gasteiger partial charge in [0.15, 0.2) is 24.7 Å². The molecule has 0 fully saturated rings. The molecule has 0 bridgehead atoms. The molecule has 0 aromatic heterocycles. The molecule has 0 atom stereocenters. The molecule has 0 unspecified atom stereocenters. The minimum atomic E-state index is -0.619. The highest BCUT2D eigenvalue weighted by Gasteiger charge is 2.24. The third kappa shape index (κ3) is 4.54. The van der Waals surface area contributed by atoms with Gasteiger partial charge in [0.25, 0.3) is 5.91 Å². The Morgan fingerprint density at radius 3 is 2.54 bits per heavy atom. The zero-order valence-electron chi connectivity index (χ0n) is 16.0. The Bertz CT molecular complexity index is 851. The summed E-state index contributed by atoms with van der Waals surface area (Å²) >= 11 is 0. The van der Waals surface area contributed by atoms with Crippen molar-refractivity contribution in [2.75, 3.05) is 38.9 Å². The number of ether oxygens (including phenoxy) is 4. The first-order valence-corrected chi connectivity index (χ1v) is 9.01. The molecule has 2 aromatic rings. The second kappa shape index (κ2) is 9.12. The van der Waals surface area contributed by atoms with E-state index in [1.807, 2.05) is 18.2 Å². The van der Waals surface area contributed by atoms with Crippen molar-refractivity contribution in [2.45, 2.75) is 12.8 Å². The summed E-state index contributed by atoms with van der Waals surface area (Å²) in [5, 5.41) is 0. The molecule has 28 heavy (non-hydrogen) atoms. The molecule has 2 aromatic carbocycles. The van der Waals surface area contributed by atoms with Gasteiger partial charge in [-0.15, -0.1) is 0 Å². The number of carbonyl (C=O) groups is 2. The van der Waals surface area contributed by atoms with Crippen LogP contribution in [-0.4, -0.2) is 45.9 Å². The molecule has 0 aliphatic carbocycles. The topological polar surface area (TPSA) is 74.3 Å². The molecule has 3 rings (SSSR count). The average Bonchev–Trinajstić information content (AvgIpc) is 2.75. The minimum absolute atomic E-state index is 0.267. The van der Waals surface area contributed by atoms with Crippen molar-refractivity contribution in [1.82, 2.24) is 0 Å². The van der Waals surface area contributed by atoms with Gasteiger partial charge in [0.05, 0.1) is 14.2 Å². The predicted molar refractivity (Wildman–Crippen MR) is 103 cm³/mol. The van der Waals surface area contributed by atoms with Crippen molar-refractivity contribution in [1.29, 1.82) is 0 Å². The molecule has 7 nitrogen and oxygen atoms in total. The number of aryl methyl sites for hydroxylation is 1. The number of anilines is 1. The fraction of sp³-hybridized carbons (Fsp3) is 0.333. The molecular formula is C21H23NO6. The third-order valence-corrected chi connectivity index (χ3v) is 4.48. The molecule has 7 heteroatoms. The Kier molecular flexibility index (Phi) is 6.37.